The SMILES string of the molecule is CCOc1ccc(C(=O)N[C@H](C(=O)[O-])C(C)C)cc1. The molecule has 0 radical (unpaired) electrons. The molecule has 0 spiro atoms. The summed E-state index contributed by atoms with van der Waals surface area (Å²) in [6.45, 7) is 5.83. The molecule has 19 heavy (non-hydrogen) atoms. The van der Waals surface area contributed by atoms with Gasteiger partial charge in [-0.15, -0.1) is 0 Å². The summed E-state index contributed by atoms with van der Waals surface area (Å²) in [5.74, 6) is -1.30. The van der Waals surface area contributed by atoms with Crippen LogP contribution in [0.15, 0.2) is 24.3 Å². The van der Waals surface area contributed by atoms with Gasteiger partial charge in [0.2, 0.25) is 0 Å². The fourth-order valence-electron chi connectivity index (χ4n) is 1.59. The second-order valence-corrected chi connectivity index (χ2v) is 4.47. The molecule has 1 aromatic carbocycles. The van der Waals surface area contributed by atoms with Gasteiger partial charge in [-0.25, -0.2) is 0 Å². The smallest absolute Gasteiger partial charge is 0.251 e. The van der Waals surface area contributed by atoms with Crippen LogP contribution in [0.4, 0.5) is 0 Å². The maximum atomic E-state index is 11.9. The van der Waals surface area contributed by atoms with Crippen LogP contribution in [0.25, 0.3) is 0 Å². The van der Waals surface area contributed by atoms with Gasteiger partial charge >= 0.3 is 0 Å². The Balaban J connectivity index is 2.74. The molecule has 1 aromatic rings. The molecule has 0 bridgehead atoms. The minimum Gasteiger partial charge on any atom is -0.548 e. The van der Waals surface area contributed by atoms with Gasteiger partial charge in [0.15, 0.2) is 0 Å². The van der Waals surface area contributed by atoms with Crippen molar-refractivity contribution < 1.29 is 19.4 Å². The van der Waals surface area contributed by atoms with E-state index >= 15 is 0 Å². The van der Waals surface area contributed by atoms with Crippen molar-refractivity contribution in [1.29, 1.82) is 0 Å². The largest absolute Gasteiger partial charge is 0.548 e. The monoisotopic (exact) mass is 264 g/mol. The quantitative estimate of drug-likeness (QED) is 0.815. The first-order valence-corrected chi connectivity index (χ1v) is 6.20. The molecule has 1 rings (SSSR count). The molecule has 0 aliphatic heterocycles. The van der Waals surface area contributed by atoms with Crippen molar-refractivity contribution in [3.63, 3.8) is 0 Å². The number of hydrogen-bond donors (Lipinski definition) is 1. The molecule has 5 heteroatoms. The van der Waals surface area contributed by atoms with Gasteiger partial charge in [-0.1, -0.05) is 13.8 Å². The Morgan fingerprint density at radius 1 is 1.26 bits per heavy atom. The standard InChI is InChI=1S/C14H19NO4/c1-4-19-11-7-5-10(6-8-11)13(16)15-12(9(2)3)14(17)18/h5-9,12H,4H2,1-3H3,(H,15,16)(H,17,18)/p-1/t12-/m0/s1. The molecule has 1 N–H and O–H groups in total. The van der Waals surface area contributed by atoms with Crippen LogP contribution in [-0.2, 0) is 4.79 Å². The lowest BCUT2D eigenvalue weighted by molar-refractivity contribution is -0.309. The number of amides is 1. The summed E-state index contributed by atoms with van der Waals surface area (Å²) >= 11 is 0. The predicted molar refractivity (Wildman–Crippen MR) is 68.7 cm³/mol. The van der Waals surface area contributed by atoms with Crippen molar-refractivity contribution in [1.82, 2.24) is 5.32 Å². The second-order valence-electron chi connectivity index (χ2n) is 4.47. The minimum absolute atomic E-state index is 0.239. The third-order valence-electron chi connectivity index (χ3n) is 2.63. The highest BCUT2D eigenvalue weighted by molar-refractivity contribution is 5.96. The van der Waals surface area contributed by atoms with Gasteiger partial charge in [0, 0.05) is 5.56 Å². The number of carbonyl (C=O) groups excluding carboxylic acids is 2. The van der Waals surface area contributed by atoms with E-state index in [-0.39, 0.29) is 5.92 Å². The Morgan fingerprint density at radius 2 is 1.84 bits per heavy atom. The van der Waals surface area contributed by atoms with Gasteiger partial charge in [-0.05, 0) is 37.1 Å². The zero-order valence-electron chi connectivity index (χ0n) is 11.3. The molecule has 0 aliphatic rings. The molecule has 0 aromatic heterocycles. The van der Waals surface area contributed by atoms with E-state index in [1.807, 2.05) is 6.92 Å². The number of aliphatic carboxylic acids is 1. The number of carbonyl (C=O) groups is 2. The summed E-state index contributed by atoms with van der Waals surface area (Å²) in [6, 6.07) is 5.52. The van der Waals surface area contributed by atoms with Crippen molar-refractivity contribution in [3.05, 3.63) is 29.8 Å². The minimum atomic E-state index is -1.28. The highest BCUT2D eigenvalue weighted by Crippen LogP contribution is 2.12. The first-order valence-electron chi connectivity index (χ1n) is 6.20. The van der Waals surface area contributed by atoms with Gasteiger partial charge in [0.1, 0.15) is 5.75 Å². The maximum absolute atomic E-state index is 11.9. The van der Waals surface area contributed by atoms with Gasteiger partial charge < -0.3 is 20.0 Å². The summed E-state index contributed by atoms with van der Waals surface area (Å²) in [4.78, 5) is 22.8. The number of hydrogen-bond acceptors (Lipinski definition) is 4. The number of benzene rings is 1. The Kier molecular flexibility index (Phi) is 5.36. The Hall–Kier alpha value is -2.04. The zero-order chi connectivity index (χ0) is 14.4. The first-order chi connectivity index (χ1) is 8.95. The van der Waals surface area contributed by atoms with Gasteiger partial charge in [-0.3, -0.25) is 4.79 Å². The normalized spacial score (nSPS) is 12.0. The van der Waals surface area contributed by atoms with Crippen LogP contribution in [-0.4, -0.2) is 24.5 Å². The highest BCUT2D eigenvalue weighted by Gasteiger charge is 2.18. The third-order valence-corrected chi connectivity index (χ3v) is 2.63. The fraction of sp³-hybridized carbons (Fsp3) is 0.429. The van der Waals surface area contributed by atoms with Crippen LogP contribution in [0.3, 0.4) is 0 Å². The predicted octanol–water partition coefficient (Wildman–Crippen LogP) is 0.590. The van der Waals surface area contributed by atoms with Crippen LogP contribution < -0.4 is 15.2 Å². The number of rotatable bonds is 6. The topological polar surface area (TPSA) is 78.5 Å². The lowest BCUT2D eigenvalue weighted by Crippen LogP contribution is -2.50. The lowest BCUT2D eigenvalue weighted by Gasteiger charge is -2.23. The van der Waals surface area contributed by atoms with Crippen LogP contribution in [0.5, 0.6) is 5.75 Å². The number of nitrogens with one attached hydrogen (secondary N) is 1. The van der Waals surface area contributed by atoms with Crippen LogP contribution in [0.1, 0.15) is 31.1 Å². The van der Waals surface area contributed by atoms with Crippen LogP contribution >= 0.6 is 0 Å². The molecule has 104 valence electrons. The van der Waals surface area contributed by atoms with Gasteiger partial charge in [0.05, 0.1) is 18.6 Å². The van der Waals surface area contributed by atoms with E-state index in [9.17, 15) is 14.7 Å². The fourth-order valence-corrected chi connectivity index (χ4v) is 1.59. The first kappa shape index (κ1) is 15.0. The van der Waals surface area contributed by atoms with Gasteiger partial charge in [-0.2, -0.15) is 0 Å². The van der Waals surface area contributed by atoms with E-state index in [4.69, 9.17) is 4.74 Å². The zero-order valence-corrected chi connectivity index (χ0v) is 11.3. The molecule has 0 fully saturated rings. The molecule has 0 saturated heterocycles. The summed E-state index contributed by atoms with van der Waals surface area (Å²) in [7, 11) is 0. The van der Waals surface area contributed by atoms with E-state index in [1.165, 1.54) is 0 Å². The lowest BCUT2D eigenvalue weighted by atomic mass is 10.0. The van der Waals surface area contributed by atoms with Crippen LogP contribution in [0.2, 0.25) is 0 Å². The number of carboxylic acids is 1. The Labute approximate surface area is 112 Å². The number of carboxylic acid groups (broad SMARTS) is 1. The van der Waals surface area contributed by atoms with E-state index in [0.29, 0.717) is 17.9 Å². The molecular formula is C14H18NO4-. The molecule has 0 saturated carbocycles. The third kappa shape index (κ3) is 4.28. The molecule has 0 aliphatic carbocycles. The highest BCUT2D eigenvalue weighted by atomic mass is 16.5. The average molecular weight is 264 g/mol. The van der Waals surface area contributed by atoms with Gasteiger partial charge in [0.25, 0.3) is 5.91 Å². The van der Waals surface area contributed by atoms with Crippen molar-refractivity contribution >= 4 is 11.9 Å². The summed E-state index contributed by atoms with van der Waals surface area (Å²) in [6.07, 6.45) is 0. The molecule has 5 nitrogen and oxygen atoms in total. The molecular weight excluding hydrogens is 246 g/mol. The van der Waals surface area contributed by atoms with Crippen molar-refractivity contribution in [2.75, 3.05) is 6.61 Å². The number of ether oxygens (including phenoxy) is 1. The van der Waals surface area contributed by atoms with E-state index in [2.05, 4.69) is 5.32 Å². The van der Waals surface area contributed by atoms with Crippen molar-refractivity contribution in [2.24, 2.45) is 5.92 Å². The van der Waals surface area contributed by atoms with E-state index in [1.54, 1.807) is 38.1 Å². The summed E-state index contributed by atoms with van der Waals surface area (Å²) in [5, 5.41) is 13.3. The average Bonchev–Trinajstić information content (AvgIpc) is 2.36. The molecule has 1 atom stereocenters. The summed E-state index contributed by atoms with van der Waals surface area (Å²) in [5.41, 5.74) is 0.385. The van der Waals surface area contributed by atoms with Crippen LogP contribution in [0, 0.1) is 5.92 Å². The van der Waals surface area contributed by atoms with E-state index < -0.39 is 17.9 Å². The second kappa shape index (κ2) is 6.78. The maximum Gasteiger partial charge on any atom is 0.251 e. The van der Waals surface area contributed by atoms with Crippen molar-refractivity contribution in [2.45, 2.75) is 26.8 Å². The Bertz CT molecular complexity index is 439. The summed E-state index contributed by atoms with van der Waals surface area (Å²) < 4.78 is 5.26. The molecule has 0 heterocycles. The Morgan fingerprint density at radius 3 is 2.26 bits per heavy atom. The van der Waals surface area contributed by atoms with Crippen molar-refractivity contribution in [3.8, 4) is 5.75 Å². The molecule has 1 amide bonds. The van der Waals surface area contributed by atoms with E-state index in [0.717, 1.165) is 0 Å². The molecule has 0 unspecified atom stereocenters.